The normalized spacial score (nSPS) is 17.4. The molecule has 2 rings (SSSR count). The highest BCUT2D eigenvalue weighted by Gasteiger charge is 2.19. The third kappa shape index (κ3) is 3.92. The predicted molar refractivity (Wildman–Crippen MR) is 77.9 cm³/mol. The first-order chi connectivity index (χ1) is 9.20. The maximum atomic E-state index is 11.7. The fourth-order valence-corrected chi connectivity index (χ4v) is 2.07. The van der Waals surface area contributed by atoms with Gasteiger partial charge in [-0.3, -0.25) is 4.79 Å². The minimum Gasteiger partial charge on any atom is -0.390 e. The lowest BCUT2D eigenvalue weighted by atomic mass is 10.2. The number of nitrogens with zero attached hydrogens (tertiary/aromatic N) is 1. The molecular formula is C13H17BrN2O3. The maximum absolute atomic E-state index is 11.7. The number of carbonyl (C=O) groups is 1. The highest BCUT2D eigenvalue weighted by molar-refractivity contribution is 9.09. The number of rotatable bonds is 5. The van der Waals surface area contributed by atoms with Crippen LogP contribution in [0, 0.1) is 0 Å². The van der Waals surface area contributed by atoms with E-state index in [9.17, 15) is 9.90 Å². The molecule has 1 fully saturated rings. The van der Waals surface area contributed by atoms with E-state index in [4.69, 9.17) is 4.74 Å². The van der Waals surface area contributed by atoms with Gasteiger partial charge in [0.2, 0.25) is 0 Å². The van der Waals surface area contributed by atoms with Gasteiger partial charge in [-0.2, -0.15) is 0 Å². The fraction of sp³-hybridized carbons (Fsp3) is 0.462. The molecule has 0 aromatic heterocycles. The summed E-state index contributed by atoms with van der Waals surface area (Å²) in [7, 11) is 0. The molecule has 2 N–H and O–H groups in total. The number of aliphatic hydroxyl groups is 1. The summed E-state index contributed by atoms with van der Waals surface area (Å²) in [6, 6.07) is 7.59. The molecule has 0 bridgehead atoms. The predicted octanol–water partition coefficient (Wildman–Crippen LogP) is 1.22. The number of aliphatic hydroxyl groups excluding tert-OH is 1. The number of benzene rings is 1. The lowest BCUT2D eigenvalue weighted by Crippen LogP contribution is -2.41. The first-order valence-electron chi connectivity index (χ1n) is 6.17. The Morgan fingerprint density at radius 2 is 2.16 bits per heavy atom. The van der Waals surface area contributed by atoms with E-state index in [1.165, 1.54) is 0 Å². The standard InChI is InChI=1S/C13H17BrN2O3/c14-7-12(17)8-15-10-1-3-11(4-2-10)16-5-6-19-9-13(16)18/h1-4,12,15,17H,5-9H2/t12-/m0/s1. The molecule has 0 unspecified atom stereocenters. The zero-order valence-corrected chi connectivity index (χ0v) is 12.1. The van der Waals surface area contributed by atoms with Crippen molar-refractivity contribution in [2.45, 2.75) is 6.10 Å². The van der Waals surface area contributed by atoms with E-state index in [0.717, 1.165) is 11.4 Å². The molecule has 19 heavy (non-hydrogen) atoms. The van der Waals surface area contributed by atoms with E-state index in [2.05, 4.69) is 21.2 Å². The number of morpholine rings is 1. The van der Waals surface area contributed by atoms with Crippen LogP contribution in [0.2, 0.25) is 0 Å². The van der Waals surface area contributed by atoms with Crippen LogP contribution in [0.5, 0.6) is 0 Å². The molecule has 1 aromatic carbocycles. The zero-order valence-electron chi connectivity index (χ0n) is 10.5. The van der Waals surface area contributed by atoms with E-state index < -0.39 is 6.10 Å². The van der Waals surface area contributed by atoms with Gasteiger partial charge in [-0.25, -0.2) is 0 Å². The average molecular weight is 329 g/mol. The van der Waals surface area contributed by atoms with Crippen LogP contribution in [-0.2, 0) is 9.53 Å². The third-order valence-electron chi connectivity index (χ3n) is 2.88. The number of hydrogen-bond acceptors (Lipinski definition) is 4. The Morgan fingerprint density at radius 3 is 2.79 bits per heavy atom. The van der Waals surface area contributed by atoms with Crippen LogP contribution in [0.4, 0.5) is 11.4 Å². The summed E-state index contributed by atoms with van der Waals surface area (Å²) in [5.74, 6) is -0.0123. The van der Waals surface area contributed by atoms with Crippen LogP contribution in [-0.4, -0.2) is 48.8 Å². The Labute approximate surface area is 120 Å². The molecule has 0 spiro atoms. The number of ether oxygens (including phenoxy) is 1. The highest BCUT2D eigenvalue weighted by Crippen LogP contribution is 2.19. The molecule has 1 atom stereocenters. The monoisotopic (exact) mass is 328 g/mol. The van der Waals surface area contributed by atoms with Crippen molar-refractivity contribution in [3.63, 3.8) is 0 Å². The van der Waals surface area contributed by atoms with Crippen molar-refractivity contribution in [2.24, 2.45) is 0 Å². The van der Waals surface area contributed by atoms with Crippen LogP contribution < -0.4 is 10.2 Å². The van der Waals surface area contributed by atoms with Gasteiger partial charge in [0.15, 0.2) is 0 Å². The van der Waals surface area contributed by atoms with Gasteiger partial charge in [0.1, 0.15) is 6.61 Å². The second-order valence-electron chi connectivity index (χ2n) is 4.33. The van der Waals surface area contributed by atoms with E-state index in [-0.39, 0.29) is 12.5 Å². The van der Waals surface area contributed by atoms with Gasteiger partial charge in [-0.15, -0.1) is 0 Å². The molecule has 1 aromatic rings. The quantitative estimate of drug-likeness (QED) is 0.798. The summed E-state index contributed by atoms with van der Waals surface area (Å²) in [5.41, 5.74) is 1.80. The van der Waals surface area contributed by atoms with Gasteiger partial charge in [0.25, 0.3) is 5.91 Å². The first kappa shape index (κ1) is 14.3. The third-order valence-corrected chi connectivity index (χ3v) is 3.63. The number of carbonyl (C=O) groups excluding carboxylic acids is 1. The Kier molecular flexibility index (Phi) is 5.18. The topological polar surface area (TPSA) is 61.8 Å². The Hall–Kier alpha value is -1.11. The molecule has 5 nitrogen and oxygen atoms in total. The average Bonchev–Trinajstić information content (AvgIpc) is 2.46. The fourth-order valence-electron chi connectivity index (χ4n) is 1.84. The number of hydrogen-bond donors (Lipinski definition) is 2. The molecule has 104 valence electrons. The number of anilines is 2. The maximum Gasteiger partial charge on any atom is 0.253 e. The summed E-state index contributed by atoms with van der Waals surface area (Å²) in [6.45, 7) is 1.80. The van der Waals surface area contributed by atoms with Gasteiger partial charge in [0, 0.05) is 29.8 Å². The number of halogens is 1. The zero-order chi connectivity index (χ0) is 13.7. The minimum absolute atomic E-state index is 0.0123. The van der Waals surface area contributed by atoms with Crippen molar-refractivity contribution in [1.29, 1.82) is 0 Å². The SMILES string of the molecule is O=C1COCCN1c1ccc(NC[C@@H](O)CBr)cc1. The molecular weight excluding hydrogens is 312 g/mol. The van der Waals surface area contributed by atoms with Crippen LogP contribution in [0.25, 0.3) is 0 Å². The summed E-state index contributed by atoms with van der Waals surface area (Å²) < 4.78 is 5.10. The highest BCUT2D eigenvalue weighted by atomic mass is 79.9. The van der Waals surface area contributed by atoms with Gasteiger partial charge >= 0.3 is 0 Å². The summed E-state index contributed by atoms with van der Waals surface area (Å²) >= 11 is 3.21. The van der Waals surface area contributed by atoms with Crippen molar-refractivity contribution in [3.05, 3.63) is 24.3 Å². The number of alkyl halides is 1. The van der Waals surface area contributed by atoms with Crippen molar-refractivity contribution < 1.29 is 14.6 Å². The summed E-state index contributed by atoms with van der Waals surface area (Å²) in [5, 5.41) is 13.1. The number of amides is 1. The summed E-state index contributed by atoms with van der Waals surface area (Å²) in [4.78, 5) is 13.4. The first-order valence-corrected chi connectivity index (χ1v) is 7.29. The largest absolute Gasteiger partial charge is 0.390 e. The lowest BCUT2D eigenvalue weighted by molar-refractivity contribution is -0.125. The second kappa shape index (κ2) is 6.88. The van der Waals surface area contributed by atoms with Crippen LogP contribution in [0.15, 0.2) is 24.3 Å². The Balaban J connectivity index is 1.95. The van der Waals surface area contributed by atoms with Crippen LogP contribution in [0.1, 0.15) is 0 Å². The second-order valence-corrected chi connectivity index (χ2v) is 4.98. The van der Waals surface area contributed by atoms with Crippen molar-refractivity contribution in [3.8, 4) is 0 Å². The Morgan fingerprint density at radius 1 is 1.42 bits per heavy atom. The molecule has 0 aliphatic carbocycles. The molecule has 1 heterocycles. The van der Waals surface area contributed by atoms with E-state index in [1.54, 1.807) is 4.90 Å². The lowest BCUT2D eigenvalue weighted by Gasteiger charge is -2.27. The molecule has 1 amide bonds. The number of nitrogens with one attached hydrogen (secondary N) is 1. The Bertz CT molecular complexity index is 424. The van der Waals surface area contributed by atoms with Crippen LogP contribution in [0.3, 0.4) is 0 Å². The van der Waals surface area contributed by atoms with Gasteiger partial charge < -0.3 is 20.1 Å². The van der Waals surface area contributed by atoms with Crippen LogP contribution >= 0.6 is 15.9 Å². The van der Waals surface area contributed by atoms with Gasteiger partial charge in [0.05, 0.1) is 12.7 Å². The van der Waals surface area contributed by atoms with Gasteiger partial charge in [-0.05, 0) is 24.3 Å². The molecule has 6 heteroatoms. The van der Waals surface area contributed by atoms with Crippen molar-refractivity contribution >= 4 is 33.2 Å². The molecule has 1 saturated heterocycles. The van der Waals surface area contributed by atoms with Crippen molar-refractivity contribution in [1.82, 2.24) is 0 Å². The molecule has 0 saturated carbocycles. The minimum atomic E-state index is -0.416. The van der Waals surface area contributed by atoms with E-state index >= 15 is 0 Å². The van der Waals surface area contributed by atoms with E-state index in [1.807, 2.05) is 24.3 Å². The molecule has 0 radical (unpaired) electrons. The van der Waals surface area contributed by atoms with E-state index in [0.29, 0.717) is 25.0 Å². The summed E-state index contributed by atoms with van der Waals surface area (Å²) in [6.07, 6.45) is -0.416. The molecule has 1 aliphatic heterocycles. The van der Waals surface area contributed by atoms with Gasteiger partial charge in [-0.1, -0.05) is 15.9 Å². The smallest absolute Gasteiger partial charge is 0.253 e. The molecule has 1 aliphatic rings. The van der Waals surface area contributed by atoms with Crippen molar-refractivity contribution in [2.75, 3.05) is 41.9 Å².